The van der Waals surface area contributed by atoms with E-state index in [1.54, 1.807) is 0 Å². The average Bonchev–Trinajstić information content (AvgIpc) is 0.784. The summed E-state index contributed by atoms with van der Waals surface area (Å²) < 4.78 is 85.3. The van der Waals surface area contributed by atoms with Gasteiger partial charge in [-0.25, -0.2) is 0 Å². The highest BCUT2D eigenvalue weighted by Crippen LogP contribution is 2.45. The molecule has 6 aromatic carbocycles. The third-order valence-corrected chi connectivity index (χ3v) is 25.9. The normalized spacial score (nSPS) is 12.1. The summed E-state index contributed by atoms with van der Waals surface area (Å²) in [6, 6.07) is 26.8. The van der Waals surface area contributed by atoms with Crippen LogP contribution in [0, 0.1) is 0 Å². The maximum Gasteiger partial charge on any atom is 0.123 e. The Morgan fingerprint density at radius 3 is 0.281 bits per heavy atom. The molecule has 0 saturated carbocycles. The van der Waals surface area contributed by atoms with Gasteiger partial charge < -0.3 is 56.8 Å². The molecule has 636 valence electrons. The lowest BCUT2D eigenvalue weighted by Crippen LogP contribution is -2.11. The molecule has 0 unspecified atom stereocenters. The molecule has 16 aliphatic carbocycles. The van der Waals surface area contributed by atoms with E-state index in [0.717, 1.165) is 354 Å². The second-order valence-electron chi connectivity index (χ2n) is 28.4. The molecule has 0 amide bonds. The summed E-state index contributed by atoms with van der Waals surface area (Å²) >= 11 is 44.6. The predicted octanol–water partition coefficient (Wildman–Crippen LogP) is 28.2. The van der Waals surface area contributed by atoms with Crippen LogP contribution in [0.2, 0.25) is 0 Å². The van der Waals surface area contributed by atoms with Gasteiger partial charge in [-0.05, 0) is 227 Å². The Hall–Kier alpha value is -1.32. The second-order valence-corrected chi connectivity index (χ2v) is 37.9. The first-order valence-electron chi connectivity index (χ1n) is 41.3. The minimum Gasteiger partial charge on any atom is -0.493 e. The molecule has 24 heteroatoms. The van der Waals surface area contributed by atoms with Gasteiger partial charge in [-0.3, -0.25) is 0 Å². The molecule has 0 heterocycles. The molecule has 6 aromatic rings. The van der Waals surface area contributed by atoms with Crippen molar-refractivity contribution in [2.75, 3.05) is 143 Å². The van der Waals surface area contributed by atoms with E-state index in [2.05, 4.69) is 264 Å². The summed E-state index contributed by atoms with van der Waals surface area (Å²) in [7, 11) is 0. The zero-order chi connectivity index (χ0) is 81.0. The van der Waals surface area contributed by atoms with Crippen molar-refractivity contribution in [3.8, 4) is 69.0 Å². The minimum absolute atomic E-state index is 0.475. The Balaban J connectivity index is 1.64. The van der Waals surface area contributed by atoms with Crippen LogP contribution in [-0.4, -0.2) is 143 Å². The van der Waals surface area contributed by atoms with Gasteiger partial charge >= 0.3 is 0 Å². The number of benzene rings is 6. The predicted molar refractivity (Wildman–Crippen MR) is 518 cm³/mol. The Labute approximate surface area is 783 Å². The third-order valence-electron chi connectivity index (χ3n) is 19.2. The summed E-state index contributed by atoms with van der Waals surface area (Å²) in [4.78, 5) is 0. The van der Waals surface area contributed by atoms with Crippen LogP contribution >= 0.6 is 191 Å². The van der Waals surface area contributed by atoms with Gasteiger partial charge in [0.15, 0.2) is 0 Å². The van der Waals surface area contributed by atoms with Crippen molar-refractivity contribution in [2.45, 2.75) is 193 Å². The van der Waals surface area contributed by atoms with Crippen LogP contribution in [0.15, 0.2) is 72.8 Å². The Morgan fingerprint density at radius 1 is 0.132 bits per heavy atom. The first kappa shape index (κ1) is 99.8. The van der Waals surface area contributed by atoms with Crippen molar-refractivity contribution in [1.29, 1.82) is 0 Å². The zero-order valence-electron chi connectivity index (χ0n) is 66.5. The SMILES string of the molecule is BrCCCCOc1cc2c(OCCCCBr)cc1Cc1cc(OCCCCBr)c(cc1OCCCCBr)Cc1cc(OCCCCBr)c(cc1OCCCCBr)Cc1cc(OCCCCBr)c(cc1OCCCCBr)Cc1cc(OCCCCBr)c(cc1OCCCCBr)Cc1cc(OCCCCBr)c(cc1OCCCCBr)C2. The maximum absolute atomic E-state index is 7.11. The molecule has 114 heavy (non-hydrogen) atoms. The van der Waals surface area contributed by atoms with Gasteiger partial charge in [-0.1, -0.05) is 191 Å². The van der Waals surface area contributed by atoms with Gasteiger partial charge in [-0.15, -0.1) is 0 Å². The summed E-state index contributed by atoms with van der Waals surface area (Å²) in [5, 5.41) is 10.6. The average molecular weight is 2350 g/mol. The fraction of sp³-hybridized carbons (Fsp3) is 0.600. The van der Waals surface area contributed by atoms with Gasteiger partial charge in [0.1, 0.15) is 69.0 Å². The minimum atomic E-state index is 0.475. The second kappa shape index (κ2) is 61.9. The lowest BCUT2D eigenvalue weighted by Gasteiger charge is -2.23. The molecule has 0 fully saturated rings. The zero-order valence-corrected chi connectivity index (χ0v) is 85.6. The number of halogens is 12. The Morgan fingerprint density at radius 2 is 0.211 bits per heavy atom. The van der Waals surface area contributed by atoms with Crippen molar-refractivity contribution in [2.24, 2.45) is 0 Å². The van der Waals surface area contributed by atoms with E-state index in [-0.39, 0.29) is 0 Å². The summed E-state index contributed by atoms with van der Waals surface area (Å²) in [6.07, 6.45) is 24.9. The van der Waals surface area contributed by atoms with Crippen LogP contribution in [0.25, 0.3) is 0 Å². The van der Waals surface area contributed by atoms with Crippen LogP contribution < -0.4 is 56.8 Å². The molecule has 0 radical (unpaired) electrons. The van der Waals surface area contributed by atoms with Gasteiger partial charge in [-0.2, -0.15) is 0 Å². The molecule has 0 aromatic heterocycles. The smallest absolute Gasteiger partial charge is 0.123 e. The van der Waals surface area contributed by atoms with Gasteiger partial charge in [0.2, 0.25) is 0 Å². The van der Waals surface area contributed by atoms with E-state index in [0.29, 0.717) is 118 Å². The van der Waals surface area contributed by atoms with Crippen LogP contribution in [-0.2, 0) is 38.5 Å². The summed E-state index contributed by atoms with van der Waals surface area (Å²) in [5.74, 6) is 9.55. The molecular weight excluding hydrogens is 2230 g/mol. The van der Waals surface area contributed by atoms with Crippen molar-refractivity contribution in [3.63, 3.8) is 0 Å². The van der Waals surface area contributed by atoms with Crippen LogP contribution in [0.3, 0.4) is 0 Å². The molecule has 22 rings (SSSR count). The topological polar surface area (TPSA) is 111 Å². The molecule has 12 bridgehead atoms. The van der Waals surface area contributed by atoms with Crippen molar-refractivity contribution in [1.82, 2.24) is 0 Å². The van der Waals surface area contributed by atoms with Crippen molar-refractivity contribution in [3.05, 3.63) is 140 Å². The van der Waals surface area contributed by atoms with E-state index in [9.17, 15) is 0 Å². The van der Waals surface area contributed by atoms with E-state index in [1.807, 2.05) is 0 Å². The van der Waals surface area contributed by atoms with Gasteiger partial charge in [0.25, 0.3) is 0 Å². The largest absolute Gasteiger partial charge is 0.493 e. The van der Waals surface area contributed by atoms with Crippen molar-refractivity contribution >= 4 is 191 Å². The van der Waals surface area contributed by atoms with E-state index in [4.69, 9.17) is 56.8 Å². The summed E-state index contributed by atoms with van der Waals surface area (Å²) in [5.41, 5.74) is 11.9. The molecular formula is C90H120Br12O12. The van der Waals surface area contributed by atoms with Crippen LogP contribution in [0.1, 0.15) is 221 Å². The molecule has 16 aliphatic rings. The molecule has 12 nitrogen and oxygen atoms in total. The number of rotatable bonds is 60. The molecule has 0 atom stereocenters. The van der Waals surface area contributed by atoms with Crippen LogP contribution in [0.5, 0.6) is 69.0 Å². The Bertz CT molecular complexity index is 2820. The fourth-order valence-corrected chi connectivity index (χ4v) is 17.7. The van der Waals surface area contributed by atoms with Gasteiger partial charge in [0.05, 0.1) is 79.3 Å². The summed E-state index contributed by atoms with van der Waals surface area (Å²) in [6.45, 7) is 6.38. The van der Waals surface area contributed by atoms with Crippen LogP contribution in [0.4, 0.5) is 0 Å². The number of alkyl halides is 12. The maximum atomic E-state index is 7.11. The van der Waals surface area contributed by atoms with E-state index < -0.39 is 0 Å². The number of hydrogen-bond donors (Lipinski definition) is 0. The lowest BCUT2D eigenvalue weighted by molar-refractivity contribution is 0.291. The highest BCUT2D eigenvalue weighted by atomic mass is 79.9. The number of unbranched alkanes of at least 4 members (excludes halogenated alkanes) is 12. The first-order valence-corrected chi connectivity index (χ1v) is 54.7. The molecule has 0 spiro atoms. The number of hydrogen-bond acceptors (Lipinski definition) is 12. The van der Waals surface area contributed by atoms with Crippen molar-refractivity contribution < 1.29 is 56.8 Å². The van der Waals surface area contributed by atoms with E-state index in [1.165, 1.54) is 0 Å². The molecule has 0 saturated heterocycles. The highest BCUT2D eigenvalue weighted by Gasteiger charge is 2.27. The highest BCUT2D eigenvalue weighted by molar-refractivity contribution is 9.10. The lowest BCUT2D eigenvalue weighted by atomic mass is 9.92. The van der Waals surface area contributed by atoms with Gasteiger partial charge in [0, 0.05) is 169 Å². The monoisotopic (exact) mass is 2340 g/mol. The fourth-order valence-electron chi connectivity index (χ4n) is 12.9. The quantitative estimate of drug-likeness (QED) is 0.0267. The van der Waals surface area contributed by atoms with E-state index >= 15 is 0 Å². The molecule has 0 aliphatic heterocycles. The molecule has 0 N–H and O–H groups in total. The Kier molecular flexibility index (Phi) is 54.2. The standard InChI is InChI=1S/C90H120Br12O12/c91-25-1-13-37-103-79-55-68-50-70-58-84(108-42-18-6-30-96)72(60-83(70)107-41-17-5-29-95)52-74-62-88(112-46-22-10-34-100)76(64-87(74)111-45-21-9-33-99)54-78-66-89(113-47-23-11-35-101)77(65-90(78)114-48-24-12-36-102)53-75-63-85(109-43-19-7-31-97)73(61-86(75)110-44-20-8-32-98)51-71-59-81(105-39-15-3-27-93)69(57-82(71)106-40-16-4-28-94)49-67(79)56-80(68)104-38-14-2-26-92/h55-66H,1-54H2. The number of ether oxygens (including phenoxy) is 12. The third kappa shape index (κ3) is 36.6. The first-order chi connectivity index (χ1) is 56.1.